The number of nitrogens with one attached hydrogen (secondary N) is 2. The molecule has 1 aliphatic rings. The van der Waals surface area contributed by atoms with Gasteiger partial charge in [0.2, 0.25) is 0 Å². The van der Waals surface area contributed by atoms with E-state index in [1.165, 1.54) is 21.1 Å². The molecule has 1 aliphatic heterocycles. The first kappa shape index (κ1) is 13.0. The molecule has 8 nitrogen and oxygen atoms in total. The topological polar surface area (TPSA) is 94.1 Å². The Labute approximate surface area is 103 Å². The highest BCUT2D eigenvalue weighted by molar-refractivity contribution is 7.82. The molecule has 1 heterocycles. The molecule has 0 bridgehead atoms. The van der Waals surface area contributed by atoms with E-state index in [9.17, 15) is 14.4 Å². The first-order valence-corrected chi connectivity index (χ1v) is 4.99. The van der Waals surface area contributed by atoms with Crippen LogP contribution < -0.4 is 10.6 Å². The minimum atomic E-state index is -0.672. The zero-order chi connectivity index (χ0) is 13.2. The summed E-state index contributed by atoms with van der Waals surface area (Å²) in [5.74, 6) is -0.0343. The van der Waals surface area contributed by atoms with Gasteiger partial charge < -0.3 is 10.6 Å². The van der Waals surface area contributed by atoms with Crippen LogP contribution in [0.2, 0.25) is 0 Å². The average Bonchev–Trinajstić information content (AvgIpc) is 2.52. The van der Waals surface area contributed by atoms with Gasteiger partial charge >= 0.3 is 18.1 Å². The molecular weight excluding hydrogens is 246 g/mol. The van der Waals surface area contributed by atoms with Gasteiger partial charge in [0.05, 0.1) is 0 Å². The number of rotatable bonds is 0. The summed E-state index contributed by atoms with van der Waals surface area (Å²) >= 11 is 4.92. The van der Waals surface area contributed by atoms with E-state index >= 15 is 0 Å². The van der Waals surface area contributed by atoms with E-state index in [1.807, 2.05) is 0 Å². The van der Waals surface area contributed by atoms with E-state index in [0.717, 1.165) is 9.80 Å². The van der Waals surface area contributed by atoms with Gasteiger partial charge in [0.15, 0.2) is 10.8 Å². The van der Waals surface area contributed by atoms with Gasteiger partial charge in [0.1, 0.15) is 0 Å². The van der Waals surface area contributed by atoms with Crippen molar-refractivity contribution in [2.75, 3.05) is 21.1 Å². The van der Waals surface area contributed by atoms with Gasteiger partial charge in [-0.25, -0.2) is 14.4 Å². The molecule has 0 unspecified atom stereocenters. The molecule has 0 spiro atoms. The SMILES string of the molecule is CNC(=O)/N=C1\C(=S)N(C(=O)NC)C(=O)N1C. The molecule has 92 valence electrons. The van der Waals surface area contributed by atoms with Crippen molar-refractivity contribution in [1.29, 1.82) is 0 Å². The highest BCUT2D eigenvalue weighted by atomic mass is 32.1. The molecule has 0 aromatic carbocycles. The summed E-state index contributed by atoms with van der Waals surface area (Å²) in [5, 5.41) is 4.54. The number of thiocarbonyl (C=S) groups is 1. The number of hydrogen-bond donors (Lipinski definition) is 2. The maximum atomic E-state index is 11.7. The highest BCUT2D eigenvalue weighted by Crippen LogP contribution is 2.13. The summed E-state index contributed by atoms with van der Waals surface area (Å²) < 4.78 is 0. The van der Waals surface area contributed by atoms with Crippen LogP contribution in [0.15, 0.2) is 4.99 Å². The van der Waals surface area contributed by atoms with Gasteiger partial charge in [-0.3, -0.25) is 4.90 Å². The lowest BCUT2D eigenvalue weighted by Gasteiger charge is -2.11. The highest BCUT2D eigenvalue weighted by Gasteiger charge is 2.41. The van der Waals surface area contributed by atoms with Crippen LogP contribution in [0, 0.1) is 0 Å². The number of carbonyl (C=O) groups is 3. The molecule has 1 rings (SSSR count). The fourth-order valence-corrected chi connectivity index (χ4v) is 1.48. The number of imide groups is 1. The summed E-state index contributed by atoms with van der Waals surface area (Å²) in [5.41, 5.74) is 0. The number of aliphatic imine (C=N–C) groups is 1. The number of carbonyl (C=O) groups excluding carboxylic acids is 3. The fourth-order valence-electron chi connectivity index (χ4n) is 1.14. The molecule has 6 amide bonds. The van der Waals surface area contributed by atoms with Crippen molar-refractivity contribution in [3.63, 3.8) is 0 Å². The monoisotopic (exact) mass is 257 g/mol. The minimum absolute atomic E-state index is 0.0343. The quantitative estimate of drug-likeness (QED) is 0.585. The maximum absolute atomic E-state index is 11.7. The number of amidine groups is 1. The van der Waals surface area contributed by atoms with Crippen molar-refractivity contribution in [3.8, 4) is 0 Å². The van der Waals surface area contributed by atoms with Gasteiger partial charge in [0.25, 0.3) is 0 Å². The normalized spacial score (nSPS) is 17.7. The van der Waals surface area contributed by atoms with Crippen LogP contribution in [-0.2, 0) is 0 Å². The molecule has 0 aromatic heterocycles. The molecule has 2 N–H and O–H groups in total. The van der Waals surface area contributed by atoms with Crippen molar-refractivity contribution >= 4 is 41.1 Å². The Balaban J connectivity index is 3.10. The van der Waals surface area contributed by atoms with E-state index in [0.29, 0.717) is 0 Å². The summed E-state index contributed by atoms with van der Waals surface area (Å²) in [6.45, 7) is 0. The second-order valence-electron chi connectivity index (χ2n) is 3.03. The molecule has 0 radical (unpaired) electrons. The van der Waals surface area contributed by atoms with Crippen molar-refractivity contribution in [1.82, 2.24) is 20.4 Å². The minimum Gasteiger partial charge on any atom is -0.340 e. The van der Waals surface area contributed by atoms with Crippen LogP contribution in [0.1, 0.15) is 0 Å². The third kappa shape index (κ3) is 2.23. The number of hydrogen-bond acceptors (Lipinski definition) is 4. The van der Waals surface area contributed by atoms with E-state index in [1.54, 1.807) is 0 Å². The van der Waals surface area contributed by atoms with Crippen molar-refractivity contribution in [2.45, 2.75) is 0 Å². The van der Waals surface area contributed by atoms with E-state index in [4.69, 9.17) is 12.2 Å². The number of urea groups is 3. The Kier molecular flexibility index (Phi) is 3.73. The summed E-state index contributed by atoms with van der Waals surface area (Å²) in [6.07, 6.45) is 0. The van der Waals surface area contributed by atoms with Gasteiger partial charge in [-0.05, 0) is 0 Å². The number of amides is 6. The molecule has 1 saturated heterocycles. The van der Waals surface area contributed by atoms with Gasteiger partial charge in [-0.15, -0.1) is 0 Å². The van der Waals surface area contributed by atoms with E-state index in [-0.39, 0.29) is 10.8 Å². The van der Waals surface area contributed by atoms with Crippen molar-refractivity contribution < 1.29 is 14.4 Å². The van der Waals surface area contributed by atoms with Crippen LogP contribution in [-0.4, -0.2) is 59.9 Å². The standard InChI is InChI=1S/C8H11N5O3S/c1-9-6(14)11-4-5(17)13(7(15)10-2)8(16)12(4)3/h1-3H3,(H,9,14)(H,10,15)/b11-4+. The van der Waals surface area contributed by atoms with E-state index < -0.39 is 18.1 Å². The molecular formula is C8H11N5O3S. The number of likely N-dealkylation sites (N-methyl/N-ethyl adjacent to an activating group) is 1. The smallest absolute Gasteiger partial charge is 0.340 e. The van der Waals surface area contributed by atoms with Crippen LogP contribution in [0.3, 0.4) is 0 Å². The molecule has 1 fully saturated rings. The predicted octanol–water partition coefficient (Wildman–Crippen LogP) is -0.242. The Morgan fingerprint density at radius 1 is 1.29 bits per heavy atom. The maximum Gasteiger partial charge on any atom is 0.342 e. The lowest BCUT2D eigenvalue weighted by atomic mass is 10.5. The largest absolute Gasteiger partial charge is 0.342 e. The zero-order valence-corrected chi connectivity index (χ0v) is 10.3. The van der Waals surface area contributed by atoms with Crippen LogP contribution >= 0.6 is 12.2 Å². The van der Waals surface area contributed by atoms with Crippen LogP contribution in [0.25, 0.3) is 0 Å². The van der Waals surface area contributed by atoms with E-state index in [2.05, 4.69) is 15.6 Å². The summed E-state index contributed by atoms with van der Waals surface area (Å²) in [4.78, 5) is 39.4. The second kappa shape index (κ2) is 4.87. The third-order valence-electron chi connectivity index (χ3n) is 2.03. The predicted molar refractivity (Wildman–Crippen MR) is 63.9 cm³/mol. The molecule has 9 heteroatoms. The zero-order valence-electron chi connectivity index (χ0n) is 9.47. The third-order valence-corrected chi connectivity index (χ3v) is 2.39. The molecule has 0 aliphatic carbocycles. The Bertz CT molecular complexity index is 433. The van der Waals surface area contributed by atoms with Crippen molar-refractivity contribution in [3.05, 3.63) is 0 Å². The average molecular weight is 257 g/mol. The Morgan fingerprint density at radius 2 is 1.88 bits per heavy atom. The summed E-state index contributed by atoms with van der Waals surface area (Å²) in [6, 6.07) is -1.98. The first-order valence-electron chi connectivity index (χ1n) is 4.58. The second-order valence-corrected chi connectivity index (χ2v) is 3.41. The van der Waals surface area contributed by atoms with Crippen LogP contribution in [0.4, 0.5) is 14.4 Å². The van der Waals surface area contributed by atoms with Crippen LogP contribution in [0.5, 0.6) is 0 Å². The lowest BCUT2D eigenvalue weighted by Crippen LogP contribution is -2.42. The lowest BCUT2D eigenvalue weighted by molar-refractivity contribution is 0.201. The van der Waals surface area contributed by atoms with Gasteiger partial charge in [-0.2, -0.15) is 9.89 Å². The molecule has 0 aromatic rings. The molecule has 17 heavy (non-hydrogen) atoms. The Hall–Kier alpha value is -2.03. The van der Waals surface area contributed by atoms with Gasteiger partial charge in [-0.1, -0.05) is 12.2 Å². The van der Waals surface area contributed by atoms with Gasteiger partial charge in [0, 0.05) is 21.1 Å². The Morgan fingerprint density at radius 3 is 2.35 bits per heavy atom. The fraction of sp³-hybridized carbons (Fsp3) is 0.375. The number of nitrogens with zero attached hydrogens (tertiary/aromatic N) is 3. The first-order chi connectivity index (χ1) is 7.93. The molecule has 0 atom stereocenters. The molecule has 0 saturated carbocycles. The summed E-state index contributed by atoms with van der Waals surface area (Å²) in [7, 11) is 4.13. The van der Waals surface area contributed by atoms with Crippen molar-refractivity contribution in [2.24, 2.45) is 4.99 Å².